The molecular formula is C27H26F2N6O2. The number of carbonyl (C=O) groups excluding carboxylic acids is 1. The number of aromatic nitrogens is 4. The Morgan fingerprint density at radius 1 is 1.00 bits per heavy atom. The molecule has 0 bridgehead atoms. The molecule has 2 aromatic heterocycles. The number of halogens is 2. The fourth-order valence-corrected chi connectivity index (χ4v) is 4.36. The molecule has 10 heteroatoms. The summed E-state index contributed by atoms with van der Waals surface area (Å²) in [5.41, 5.74) is 2.54. The summed E-state index contributed by atoms with van der Waals surface area (Å²) >= 11 is 0. The number of anilines is 1. The summed E-state index contributed by atoms with van der Waals surface area (Å²) in [5.74, 6) is 1.06. The Hall–Kier alpha value is -4.34. The highest BCUT2D eigenvalue weighted by Gasteiger charge is 2.24. The van der Waals surface area contributed by atoms with Crippen LogP contribution < -0.4 is 9.64 Å². The Balaban J connectivity index is 1.35. The molecule has 5 rings (SSSR count). The quantitative estimate of drug-likeness (QED) is 0.398. The van der Waals surface area contributed by atoms with Crippen LogP contribution in [0.25, 0.3) is 16.9 Å². The van der Waals surface area contributed by atoms with Gasteiger partial charge in [0.15, 0.2) is 0 Å². The van der Waals surface area contributed by atoms with Gasteiger partial charge in [0.1, 0.15) is 29.6 Å². The van der Waals surface area contributed by atoms with Crippen molar-refractivity contribution in [3.05, 3.63) is 84.1 Å². The number of nitrogens with zero attached hydrogens (tertiary/aromatic N) is 6. The lowest BCUT2D eigenvalue weighted by Gasteiger charge is -2.35. The molecule has 0 aliphatic carbocycles. The fraction of sp³-hybridized carbons (Fsp3) is 0.259. The monoisotopic (exact) mass is 504 g/mol. The molecule has 1 fully saturated rings. The first kappa shape index (κ1) is 24.4. The second kappa shape index (κ2) is 10.3. The van der Waals surface area contributed by atoms with Crippen molar-refractivity contribution < 1.29 is 18.3 Å². The zero-order valence-electron chi connectivity index (χ0n) is 20.6. The number of hydrogen-bond acceptors (Lipinski definition) is 6. The van der Waals surface area contributed by atoms with Crippen molar-refractivity contribution in [1.82, 2.24) is 24.4 Å². The predicted octanol–water partition coefficient (Wildman–Crippen LogP) is 3.82. The van der Waals surface area contributed by atoms with Gasteiger partial charge in [0.2, 0.25) is 11.8 Å². The van der Waals surface area contributed by atoms with Gasteiger partial charge in [-0.1, -0.05) is 0 Å². The maximum absolute atomic E-state index is 13.8. The summed E-state index contributed by atoms with van der Waals surface area (Å²) in [6.45, 7) is 4.01. The first-order chi connectivity index (χ1) is 17.9. The van der Waals surface area contributed by atoms with Gasteiger partial charge in [-0.25, -0.2) is 23.7 Å². The standard InChI is InChI=1S/C27H26F2N6O2/c1-18-13-19(3-8-22(18)29)23-16-35(21-6-4-20(28)5-7-21)25(32-23)15-27(36)34-11-9-33(10-12-34)24-14-26(37-2)31-17-30-24/h3-8,13-14,16-17H,9-12,15H2,1-2H3. The van der Waals surface area contributed by atoms with Crippen molar-refractivity contribution in [2.45, 2.75) is 13.3 Å². The molecule has 8 nitrogen and oxygen atoms in total. The van der Waals surface area contributed by atoms with Gasteiger partial charge in [-0.2, -0.15) is 0 Å². The highest BCUT2D eigenvalue weighted by atomic mass is 19.1. The summed E-state index contributed by atoms with van der Waals surface area (Å²) in [7, 11) is 1.56. The number of ether oxygens (including phenoxy) is 1. The molecule has 0 N–H and O–H groups in total. The molecule has 1 aliphatic rings. The summed E-state index contributed by atoms with van der Waals surface area (Å²) in [6, 6.07) is 12.6. The zero-order chi connectivity index (χ0) is 25.9. The number of piperazine rings is 1. The molecule has 0 radical (unpaired) electrons. The molecule has 0 spiro atoms. The van der Waals surface area contributed by atoms with Gasteiger partial charge in [-0.15, -0.1) is 0 Å². The van der Waals surface area contributed by atoms with Crippen molar-refractivity contribution in [3.8, 4) is 22.8 Å². The molecule has 4 aromatic rings. The second-order valence-corrected chi connectivity index (χ2v) is 8.82. The van der Waals surface area contributed by atoms with Crippen molar-refractivity contribution in [2.24, 2.45) is 0 Å². The lowest BCUT2D eigenvalue weighted by atomic mass is 10.1. The largest absolute Gasteiger partial charge is 0.481 e. The van der Waals surface area contributed by atoms with E-state index < -0.39 is 0 Å². The van der Waals surface area contributed by atoms with Gasteiger partial charge in [0.25, 0.3) is 0 Å². The topological polar surface area (TPSA) is 76.4 Å². The Bertz CT molecular complexity index is 1410. The summed E-state index contributed by atoms with van der Waals surface area (Å²) < 4.78 is 34.4. The Morgan fingerprint density at radius 3 is 2.46 bits per heavy atom. The molecule has 37 heavy (non-hydrogen) atoms. The Labute approximate surface area is 213 Å². The van der Waals surface area contributed by atoms with Crippen LogP contribution in [-0.2, 0) is 11.2 Å². The maximum Gasteiger partial charge on any atom is 0.230 e. The molecule has 1 saturated heterocycles. The molecule has 3 heterocycles. The van der Waals surface area contributed by atoms with E-state index >= 15 is 0 Å². The molecular weight excluding hydrogens is 478 g/mol. The maximum atomic E-state index is 13.8. The first-order valence-electron chi connectivity index (χ1n) is 11.9. The Morgan fingerprint density at radius 2 is 1.76 bits per heavy atom. The van der Waals surface area contributed by atoms with Crippen LogP contribution in [0.15, 0.2) is 61.1 Å². The van der Waals surface area contributed by atoms with E-state index in [1.165, 1.54) is 24.5 Å². The summed E-state index contributed by atoms with van der Waals surface area (Å²) in [6.07, 6.45) is 3.32. The third-order valence-electron chi connectivity index (χ3n) is 6.44. The molecule has 0 saturated carbocycles. The normalized spacial score (nSPS) is 13.6. The minimum absolute atomic E-state index is 0.0595. The molecule has 0 unspecified atom stereocenters. The van der Waals surface area contributed by atoms with Crippen LogP contribution >= 0.6 is 0 Å². The molecule has 1 amide bonds. The Kier molecular flexibility index (Phi) is 6.80. The first-order valence-corrected chi connectivity index (χ1v) is 11.9. The lowest BCUT2D eigenvalue weighted by molar-refractivity contribution is -0.130. The van der Waals surface area contributed by atoms with Gasteiger partial charge < -0.3 is 19.1 Å². The molecule has 0 atom stereocenters. The number of amides is 1. The van der Waals surface area contributed by atoms with E-state index in [1.54, 1.807) is 60.0 Å². The second-order valence-electron chi connectivity index (χ2n) is 8.82. The number of aryl methyl sites for hydroxylation is 1. The summed E-state index contributed by atoms with van der Waals surface area (Å²) in [5, 5.41) is 0. The van der Waals surface area contributed by atoms with Crippen LogP contribution in [0, 0.1) is 18.6 Å². The van der Waals surface area contributed by atoms with Crippen molar-refractivity contribution in [2.75, 3.05) is 38.2 Å². The van der Waals surface area contributed by atoms with Crippen molar-refractivity contribution in [1.29, 1.82) is 0 Å². The highest BCUT2D eigenvalue weighted by molar-refractivity contribution is 5.79. The van der Waals surface area contributed by atoms with E-state index in [9.17, 15) is 13.6 Å². The number of imidazole rings is 1. The fourth-order valence-electron chi connectivity index (χ4n) is 4.36. The van der Waals surface area contributed by atoms with Crippen molar-refractivity contribution in [3.63, 3.8) is 0 Å². The van der Waals surface area contributed by atoms with E-state index in [4.69, 9.17) is 9.72 Å². The molecule has 2 aromatic carbocycles. The smallest absolute Gasteiger partial charge is 0.230 e. The summed E-state index contributed by atoms with van der Waals surface area (Å²) in [4.78, 5) is 30.3. The highest BCUT2D eigenvalue weighted by Crippen LogP contribution is 2.25. The van der Waals surface area contributed by atoms with E-state index in [1.807, 2.05) is 0 Å². The number of benzene rings is 2. The van der Waals surface area contributed by atoms with Crippen LogP contribution in [0.5, 0.6) is 5.88 Å². The van der Waals surface area contributed by atoms with Crippen LogP contribution in [0.2, 0.25) is 0 Å². The van der Waals surface area contributed by atoms with E-state index in [-0.39, 0.29) is 24.0 Å². The predicted molar refractivity (Wildman–Crippen MR) is 135 cm³/mol. The van der Waals surface area contributed by atoms with E-state index in [0.717, 1.165) is 11.4 Å². The van der Waals surface area contributed by atoms with Gasteiger partial charge in [0.05, 0.1) is 19.2 Å². The minimum Gasteiger partial charge on any atom is -0.481 e. The number of hydrogen-bond donors (Lipinski definition) is 0. The zero-order valence-corrected chi connectivity index (χ0v) is 20.6. The third-order valence-corrected chi connectivity index (χ3v) is 6.44. The number of carbonyl (C=O) groups is 1. The van der Waals surface area contributed by atoms with Crippen LogP contribution in [0.4, 0.5) is 14.6 Å². The molecule has 190 valence electrons. The average Bonchev–Trinajstić information content (AvgIpc) is 3.34. The van der Waals surface area contributed by atoms with Gasteiger partial charge in [-0.3, -0.25) is 4.79 Å². The van der Waals surface area contributed by atoms with Gasteiger partial charge in [0, 0.05) is 49.7 Å². The van der Waals surface area contributed by atoms with E-state index in [2.05, 4.69) is 14.9 Å². The van der Waals surface area contributed by atoms with Gasteiger partial charge in [-0.05, 0) is 55.0 Å². The van der Waals surface area contributed by atoms with Crippen LogP contribution in [0.1, 0.15) is 11.4 Å². The molecule has 1 aliphatic heterocycles. The third kappa shape index (κ3) is 5.28. The minimum atomic E-state index is -0.352. The number of methoxy groups -OCH3 is 1. The van der Waals surface area contributed by atoms with Crippen molar-refractivity contribution >= 4 is 11.7 Å². The average molecular weight is 505 g/mol. The van der Waals surface area contributed by atoms with Crippen LogP contribution in [-0.4, -0.2) is 63.6 Å². The van der Waals surface area contributed by atoms with Gasteiger partial charge >= 0.3 is 0 Å². The SMILES string of the molecule is COc1cc(N2CCN(C(=O)Cc3nc(-c4ccc(F)c(C)c4)cn3-c3ccc(F)cc3)CC2)ncn1. The number of rotatable bonds is 6. The lowest BCUT2D eigenvalue weighted by Crippen LogP contribution is -2.49. The van der Waals surface area contributed by atoms with Crippen LogP contribution in [0.3, 0.4) is 0 Å². The van der Waals surface area contributed by atoms with E-state index in [0.29, 0.717) is 54.8 Å².